The van der Waals surface area contributed by atoms with Crippen molar-refractivity contribution in [1.29, 1.82) is 0 Å². The second-order valence-corrected chi connectivity index (χ2v) is 5.64. The van der Waals surface area contributed by atoms with E-state index < -0.39 is 5.97 Å². The summed E-state index contributed by atoms with van der Waals surface area (Å²) in [6.07, 6.45) is 0. The van der Waals surface area contributed by atoms with Crippen LogP contribution < -0.4 is 9.47 Å². The fourth-order valence-corrected chi connectivity index (χ4v) is 2.32. The highest BCUT2D eigenvalue weighted by molar-refractivity contribution is 5.88. The number of likely N-dealkylation sites (N-methyl/N-ethyl adjacent to an activating group) is 1. The van der Waals surface area contributed by atoms with E-state index in [9.17, 15) is 9.59 Å². The van der Waals surface area contributed by atoms with Crippen LogP contribution in [0.4, 0.5) is 0 Å². The summed E-state index contributed by atoms with van der Waals surface area (Å²) in [5.74, 6) is 0.276. The van der Waals surface area contributed by atoms with Crippen LogP contribution in [0.2, 0.25) is 0 Å². The largest absolute Gasteiger partial charge is 0.486 e. The van der Waals surface area contributed by atoms with Crippen molar-refractivity contribution in [2.75, 3.05) is 26.9 Å². The van der Waals surface area contributed by atoms with Gasteiger partial charge in [-0.05, 0) is 24.6 Å². The van der Waals surface area contributed by atoms with Crippen molar-refractivity contribution in [3.8, 4) is 11.5 Å². The molecule has 0 saturated carbocycles. The molecular weight excluding hydrogens is 328 g/mol. The molecule has 2 aromatic rings. The van der Waals surface area contributed by atoms with Crippen molar-refractivity contribution < 1.29 is 28.3 Å². The van der Waals surface area contributed by atoms with E-state index in [1.165, 1.54) is 11.0 Å². The van der Waals surface area contributed by atoms with Gasteiger partial charge in [0.05, 0.1) is 5.69 Å². The maximum absolute atomic E-state index is 12.1. The topological polar surface area (TPSA) is 91.1 Å². The summed E-state index contributed by atoms with van der Waals surface area (Å²) >= 11 is 0. The molecular formula is C17H18N2O6. The third-order valence-electron chi connectivity index (χ3n) is 3.61. The Kier molecular flexibility index (Phi) is 4.87. The van der Waals surface area contributed by atoms with Gasteiger partial charge < -0.3 is 23.6 Å². The Morgan fingerprint density at radius 3 is 2.68 bits per heavy atom. The summed E-state index contributed by atoms with van der Waals surface area (Å²) in [5.41, 5.74) is 1.45. The number of esters is 1. The Labute approximate surface area is 144 Å². The average Bonchev–Trinajstić information content (AvgIpc) is 3.05. The number of aryl methyl sites for hydroxylation is 1. The molecule has 132 valence electrons. The molecule has 1 amide bonds. The Morgan fingerprint density at radius 1 is 1.20 bits per heavy atom. The first-order chi connectivity index (χ1) is 12.0. The molecule has 0 spiro atoms. The van der Waals surface area contributed by atoms with Gasteiger partial charge in [0, 0.05) is 19.7 Å². The van der Waals surface area contributed by atoms with Crippen molar-refractivity contribution in [2.45, 2.75) is 13.5 Å². The first kappa shape index (κ1) is 16.8. The molecule has 1 aromatic heterocycles. The van der Waals surface area contributed by atoms with Gasteiger partial charge in [-0.3, -0.25) is 4.79 Å². The van der Waals surface area contributed by atoms with E-state index in [2.05, 4.69) is 5.16 Å². The normalized spacial score (nSPS) is 12.6. The van der Waals surface area contributed by atoms with Crippen LogP contribution in [0.5, 0.6) is 11.5 Å². The van der Waals surface area contributed by atoms with E-state index >= 15 is 0 Å². The minimum absolute atomic E-state index is 0.0280. The number of ether oxygens (including phenoxy) is 3. The zero-order valence-electron chi connectivity index (χ0n) is 14.0. The predicted octanol–water partition coefficient (Wildman–Crippen LogP) is 1.57. The molecule has 0 atom stereocenters. The van der Waals surface area contributed by atoms with Crippen LogP contribution >= 0.6 is 0 Å². The van der Waals surface area contributed by atoms with E-state index in [0.29, 0.717) is 37.0 Å². The zero-order valence-corrected chi connectivity index (χ0v) is 14.0. The van der Waals surface area contributed by atoms with Crippen LogP contribution in [0.15, 0.2) is 28.8 Å². The van der Waals surface area contributed by atoms with Gasteiger partial charge in [0.25, 0.3) is 5.91 Å². The third-order valence-corrected chi connectivity index (χ3v) is 3.61. The minimum Gasteiger partial charge on any atom is -0.486 e. The van der Waals surface area contributed by atoms with Crippen LogP contribution in [-0.4, -0.2) is 48.8 Å². The van der Waals surface area contributed by atoms with Crippen molar-refractivity contribution in [3.05, 3.63) is 41.3 Å². The fraction of sp³-hybridized carbons (Fsp3) is 0.353. The molecule has 2 heterocycles. The lowest BCUT2D eigenvalue weighted by atomic mass is 10.2. The number of fused-ring (bicyclic) bond motifs is 1. The molecule has 1 aliphatic rings. The number of carbonyl (C=O) groups excluding carboxylic acids is 2. The summed E-state index contributed by atoms with van der Waals surface area (Å²) in [7, 11) is 1.63. The van der Waals surface area contributed by atoms with Crippen LogP contribution in [-0.2, 0) is 16.1 Å². The Balaban J connectivity index is 1.53. The molecule has 0 aliphatic carbocycles. The van der Waals surface area contributed by atoms with Crippen molar-refractivity contribution in [1.82, 2.24) is 10.1 Å². The van der Waals surface area contributed by atoms with Crippen molar-refractivity contribution >= 4 is 11.9 Å². The van der Waals surface area contributed by atoms with Gasteiger partial charge in [-0.2, -0.15) is 0 Å². The number of benzene rings is 1. The first-order valence-corrected chi connectivity index (χ1v) is 7.76. The molecule has 25 heavy (non-hydrogen) atoms. The lowest BCUT2D eigenvalue weighted by molar-refractivity contribution is -0.133. The molecule has 8 heteroatoms. The van der Waals surface area contributed by atoms with Crippen LogP contribution in [0.1, 0.15) is 21.8 Å². The predicted molar refractivity (Wildman–Crippen MR) is 85.4 cm³/mol. The molecule has 0 N–H and O–H groups in total. The molecule has 0 saturated heterocycles. The highest BCUT2D eigenvalue weighted by Gasteiger charge is 2.18. The Hall–Kier alpha value is -3.03. The third kappa shape index (κ3) is 4.09. The maximum atomic E-state index is 12.1. The van der Waals surface area contributed by atoms with E-state index in [0.717, 1.165) is 5.56 Å². The summed E-state index contributed by atoms with van der Waals surface area (Å²) < 4.78 is 20.7. The molecule has 0 radical (unpaired) electrons. The van der Waals surface area contributed by atoms with E-state index in [4.69, 9.17) is 18.7 Å². The number of hydrogen-bond acceptors (Lipinski definition) is 7. The number of rotatable bonds is 5. The highest BCUT2D eigenvalue weighted by Crippen LogP contribution is 2.31. The number of hydrogen-bond donors (Lipinski definition) is 0. The number of carbonyl (C=O) groups is 2. The van der Waals surface area contributed by atoms with Gasteiger partial charge in [0.1, 0.15) is 13.2 Å². The summed E-state index contributed by atoms with van der Waals surface area (Å²) in [6, 6.07) is 6.96. The Morgan fingerprint density at radius 2 is 1.96 bits per heavy atom. The van der Waals surface area contributed by atoms with Gasteiger partial charge >= 0.3 is 5.97 Å². The van der Waals surface area contributed by atoms with Gasteiger partial charge in [0.2, 0.25) is 5.76 Å². The second-order valence-electron chi connectivity index (χ2n) is 5.64. The second kappa shape index (κ2) is 7.25. The van der Waals surface area contributed by atoms with Gasteiger partial charge in [-0.25, -0.2) is 4.79 Å². The molecule has 8 nitrogen and oxygen atoms in total. The molecule has 1 aliphatic heterocycles. The first-order valence-electron chi connectivity index (χ1n) is 7.76. The average molecular weight is 346 g/mol. The molecule has 0 bridgehead atoms. The van der Waals surface area contributed by atoms with Gasteiger partial charge in [-0.1, -0.05) is 11.2 Å². The van der Waals surface area contributed by atoms with Crippen LogP contribution in [0.3, 0.4) is 0 Å². The quantitative estimate of drug-likeness (QED) is 0.759. The summed E-state index contributed by atoms with van der Waals surface area (Å²) in [6.45, 7) is 2.70. The van der Waals surface area contributed by atoms with Gasteiger partial charge in [0.15, 0.2) is 18.1 Å². The smallest absolute Gasteiger partial charge is 0.377 e. The fourth-order valence-electron chi connectivity index (χ4n) is 2.32. The van der Waals surface area contributed by atoms with Crippen molar-refractivity contribution in [3.63, 3.8) is 0 Å². The van der Waals surface area contributed by atoms with E-state index in [1.807, 2.05) is 18.2 Å². The molecule has 3 rings (SSSR count). The number of aromatic nitrogens is 1. The SMILES string of the molecule is Cc1cc(C(=O)OCC(=O)N(C)Cc2ccc3c(c2)OCCO3)on1. The molecule has 0 fully saturated rings. The summed E-state index contributed by atoms with van der Waals surface area (Å²) in [4.78, 5) is 25.3. The molecule has 0 unspecified atom stereocenters. The Bertz CT molecular complexity index is 785. The lowest BCUT2D eigenvalue weighted by Crippen LogP contribution is -2.30. The monoisotopic (exact) mass is 346 g/mol. The highest BCUT2D eigenvalue weighted by atomic mass is 16.6. The van der Waals surface area contributed by atoms with Crippen LogP contribution in [0, 0.1) is 6.92 Å². The standard InChI is InChI=1S/C17H18N2O6/c1-11-7-15(25-18-11)17(21)24-10-16(20)19(2)9-12-3-4-13-14(8-12)23-6-5-22-13/h3-4,7-8H,5-6,9-10H2,1-2H3. The van der Waals surface area contributed by atoms with E-state index in [-0.39, 0.29) is 18.3 Å². The summed E-state index contributed by atoms with van der Waals surface area (Å²) in [5, 5.41) is 3.60. The number of nitrogens with zero attached hydrogens (tertiary/aromatic N) is 2. The van der Waals surface area contributed by atoms with E-state index in [1.54, 1.807) is 14.0 Å². The molecule has 1 aromatic carbocycles. The van der Waals surface area contributed by atoms with Crippen molar-refractivity contribution in [2.24, 2.45) is 0 Å². The lowest BCUT2D eigenvalue weighted by Gasteiger charge is -2.21. The van der Waals surface area contributed by atoms with Gasteiger partial charge in [-0.15, -0.1) is 0 Å². The zero-order chi connectivity index (χ0) is 17.8. The van der Waals surface area contributed by atoms with Crippen LogP contribution in [0.25, 0.3) is 0 Å². The number of amides is 1. The minimum atomic E-state index is -0.721. The maximum Gasteiger partial charge on any atom is 0.377 e.